The average molecular weight is 363 g/mol. The highest BCUT2D eigenvalue weighted by Gasteiger charge is 2.17. The molecule has 1 amide bonds. The van der Waals surface area contributed by atoms with Crippen molar-refractivity contribution in [1.82, 2.24) is 14.7 Å². The molecule has 1 aliphatic carbocycles. The van der Waals surface area contributed by atoms with E-state index in [4.69, 9.17) is 4.74 Å². The molecular formula is C22H25N3O2. The summed E-state index contributed by atoms with van der Waals surface area (Å²) < 4.78 is 7.88. The molecule has 0 spiro atoms. The Morgan fingerprint density at radius 1 is 1.19 bits per heavy atom. The normalized spacial score (nSPS) is 15.0. The Hall–Kier alpha value is -2.82. The Labute approximate surface area is 159 Å². The van der Waals surface area contributed by atoms with Gasteiger partial charge in [0.15, 0.2) is 0 Å². The van der Waals surface area contributed by atoms with Gasteiger partial charge in [-0.05, 0) is 49.6 Å². The number of carbonyl (C=O) groups excluding carboxylic acids is 1. The summed E-state index contributed by atoms with van der Waals surface area (Å²) >= 11 is 0. The van der Waals surface area contributed by atoms with E-state index in [-0.39, 0.29) is 5.91 Å². The number of amides is 1. The van der Waals surface area contributed by atoms with Gasteiger partial charge in [0.1, 0.15) is 18.0 Å². The Balaban J connectivity index is 1.40. The second kappa shape index (κ2) is 7.82. The molecule has 2 heterocycles. The van der Waals surface area contributed by atoms with Crippen molar-refractivity contribution in [3.63, 3.8) is 0 Å². The summed E-state index contributed by atoms with van der Waals surface area (Å²) in [4.78, 5) is 17.1. The van der Waals surface area contributed by atoms with Gasteiger partial charge < -0.3 is 14.5 Å². The minimum atomic E-state index is -0.0180. The molecule has 5 heteroatoms. The van der Waals surface area contributed by atoms with E-state index in [9.17, 15) is 4.79 Å². The van der Waals surface area contributed by atoms with Crippen LogP contribution in [0.15, 0.2) is 48.8 Å². The van der Waals surface area contributed by atoms with E-state index in [2.05, 4.69) is 17.2 Å². The number of hydrogen-bond acceptors (Lipinski definition) is 3. The van der Waals surface area contributed by atoms with Gasteiger partial charge in [-0.1, -0.05) is 31.4 Å². The molecule has 3 aromatic rings. The summed E-state index contributed by atoms with van der Waals surface area (Å²) in [6.07, 6.45) is 9.85. The van der Waals surface area contributed by atoms with Crippen LogP contribution in [0.2, 0.25) is 0 Å². The molecule has 1 fully saturated rings. The molecule has 5 nitrogen and oxygen atoms in total. The zero-order chi connectivity index (χ0) is 18.6. The highest BCUT2D eigenvalue weighted by atomic mass is 16.5. The summed E-state index contributed by atoms with van der Waals surface area (Å²) in [5.74, 6) is 0.662. The number of fused-ring (bicyclic) bond motifs is 1. The fourth-order valence-electron chi connectivity index (χ4n) is 3.63. The summed E-state index contributed by atoms with van der Waals surface area (Å²) in [5, 5.41) is 3.15. The smallest absolute Gasteiger partial charge is 0.251 e. The molecule has 0 bridgehead atoms. The molecule has 27 heavy (non-hydrogen) atoms. The van der Waals surface area contributed by atoms with Gasteiger partial charge in [-0.2, -0.15) is 0 Å². The molecule has 140 valence electrons. The number of aromatic nitrogens is 2. The lowest BCUT2D eigenvalue weighted by molar-refractivity contribution is 0.0927. The van der Waals surface area contributed by atoms with Gasteiger partial charge in [-0.25, -0.2) is 4.98 Å². The van der Waals surface area contributed by atoms with Crippen molar-refractivity contribution in [3.05, 3.63) is 65.6 Å². The van der Waals surface area contributed by atoms with E-state index in [1.165, 1.54) is 24.8 Å². The third-order valence-electron chi connectivity index (χ3n) is 5.07. The lowest BCUT2D eigenvalue weighted by atomic mass is 9.95. The largest absolute Gasteiger partial charge is 0.487 e. The number of rotatable bonds is 5. The van der Waals surface area contributed by atoms with Crippen molar-refractivity contribution in [2.24, 2.45) is 0 Å². The van der Waals surface area contributed by atoms with Crippen LogP contribution in [-0.2, 0) is 6.61 Å². The minimum absolute atomic E-state index is 0.0180. The average Bonchev–Trinajstić information content (AvgIpc) is 3.09. The zero-order valence-corrected chi connectivity index (χ0v) is 15.6. The van der Waals surface area contributed by atoms with Crippen molar-refractivity contribution in [1.29, 1.82) is 0 Å². The minimum Gasteiger partial charge on any atom is -0.487 e. The second-order valence-corrected chi connectivity index (χ2v) is 7.33. The standard InChI is InChI=1S/C22H25N3O2/c1-16-10-11-21-23-19(14-25(21)13-16)15-27-20-9-5-6-17(12-20)22(26)24-18-7-3-2-4-8-18/h5-6,9-14,18H,2-4,7-8,15H2,1H3,(H,24,26). The Bertz CT molecular complexity index is 942. The van der Waals surface area contributed by atoms with Gasteiger partial charge in [0.2, 0.25) is 0 Å². The number of pyridine rings is 1. The maximum Gasteiger partial charge on any atom is 0.251 e. The molecule has 1 saturated carbocycles. The summed E-state index contributed by atoms with van der Waals surface area (Å²) in [6, 6.07) is 11.7. The van der Waals surface area contributed by atoms with Crippen LogP contribution in [0.4, 0.5) is 0 Å². The highest BCUT2D eigenvalue weighted by molar-refractivity contribution is 5.94. The lowest BCUT2D eigenvalue weighted by Crippen LogP contribution is -2.36. The number of benzene rings is 1. The van der Waals surface area contributed by atoms with Crippen molar-refractivity contribution < 1.29 is 9.53 Å². The number of nitrogens with one attached hydrogen (secondary N) is 1. The third-order valence-corrected chi connectivity index (χ3v) is 5.07. The number of imidazole rings is 1. The van der Waals surface area contributed by atoms with Crippen LogP contribution in [0.3, 0.4) is 0 Å². The first-order valence-corrected chi connectivity index (χ1v) is 9.65. The molecule has 2 aromatic heterocycles. The SMILES string of the molecule is Cc1ccc2nc(COc3cccc(C(=O)NC4CCCCC4)c3)cn2c1. The van der Waals surface area contributed by atoms with Crippen LogP contribution >= 0.6 is 0 Å². The quantitative estimate of drug-likeness (QED) is 0.736. The van der Waals surface area contributed by atoms with Crippen LogP contribution in [0.1, 0.15) is 53.7 Å². The van der Waals surface area contributed by atoms with Gasteiger partial charge in [0.25, 0.3) is 5.91 Å². The summed E-state index contributed by atoms with van der Waals surface area (Å²) in [7, 11) is 0. The van der Waals surface area contributed by atoms with E-state index in [0.717, 1.165) is 24.2 Å². The Morgan fingerprint density at radius 3 is 2.89 bits per heavy atom. The van der Waals surface area contributed by atoms with E-state index in [1.54, 1.807) is 6.07 Å². The first kappa shape index (κ1) is 17.6. The van der Waals surface area contributed by atoms with Crippen LogP contribution < -0.4 is 10.1 Å². The van der Waals surface area contributed by atoms with E-state index in [0.29, 0.717) is 24.0 Å². The topological polar surface area (TPSA) is 55.6 Å². The van der Waals surface area contributed by atoms with Crippen LogP contribution in [-0.4, -0.2) is 21.3 Å². The molecule has 1 aromatic carbocycles. The van der Waals surface area contributed by atoms with Gasteiger partial charge in [0.05, 0.1) is 5.69 Å². The van der Waals surface area contributed by atoms with Crippen LogP contribution in [0.25, 0.3) is 5.65 Å². The van der Waals surface area contributed by atoms with Gasteiger partial charge in [-0.3, -0.25) is 4.79 Å². The molecule has 0 aliphatic heterocycles. The maximum atomic E-state index is 12.5. The monoisotopic (exact) mass is 363 g/mol. The third kappa shape index (κ3) is 4.30. The van der Waals surface area contributed by atoms with E-state index >= 15 is 0 Å². The number of hydrogen-bond donors (Lipinski definition) is 1. The predicted octanol–water partition coefficient (Wildman–Crippen LogP) is 4.28. The first-order chi connectivity index (χ1) is 13.2. The molecule has 1 N–H and O–H groups in total. The van der Waals surface area contributed by atoms with Crippen molar-refractivity contribution in [2.45, 2.75) is 51.7 Å². The fraction of sp³-hybridized carbons (Fsp3) is 0.364. The van der Waals surface area contributed by atoms with Gasteiger partial charge >= 0.3 is 0 Å². The number of nitrogens with zero attached hydrogens (tertiary/aromatic N) is 2. The molecule has 0 unspecified atom stereocenters. The van der Waals surface area contributed by atoms with Gasteiger partial charge in [-0.15, -0.1) is 0 Å². The molecule has 0 saturated heterocycles. The number of ether oxygens (including phenoxy) is 1. The molecule has 0 atom stereocenters. The summed E-state index contributed by atoms with van der Waals surface area (Å²) in [6.45, 7) is 2.42. The summed E-state index contributed by atoms with van der Waals surface area (Å²) in [5.41, 5.74) is 3.59. The number of carbonyl (C=O) groups is 1. The van der Waals surface area contributed by atoms with Crippen LogP contribution in [0, 0.1) is 6.92 Å². The second-order valence-electron chi connectivity index (χ2n) is 7.33. The first-order valence-electron chi connectivity index (χ1n) is 9.65. The van der Waals surface area contributed by atoms with Crippen LogP contribution in [0.5, 0.6) is 5.75 Å². The van der Waals surface area contributed by atoms with E-state index < -0.39 is 0 Å². The Morgan fingerprint density at radius 2 is 2.04 bits per heavy atom. The zero-order valence-electron chi connectivity index (χ0n) is 15.6. The molecule has 0 radical (unpaired) electrons. The van der Waals surface area contributed by atoms with Crippen molar-refractivity contribution >= 4 is 11.6 Å². The molecular weight excluding hydrogens is 338 g/mol. The lowest BCUT2D eigenvalue weighted by Gasteiger charge is -2.22. The maximum absolute atomic E-state index is 12.5. The van der Waals surface area contributed by atoms with Gasteiger partial charge in [0, 0.05) is 24.0 Å². The molecule has 4 rings (SSSR count). The van der Waals surface area contributed by atoms with Crippen molar-refractivity contribution in [3.8, 4) is 5.75 Å². The number of aryl methyl sites for hydroxylation is 1. The van der Waals surface area contributed by atoms with E-state index in [1.807, 2.05) is 47.1 Å². The molecule has 1 aliphatic rings. The fourth-order valence-corrected chi connectivity index (χ4v) is 3.63. The highest BCUT2D eigenvalue weighted by Crippen LogP contribution is 2.19. The van der Waals surface area contributed by atoms with Crippen molar-refractivity contribution in [2.75, 3.05) is 0 Å². The predicted molar refractivity (Wildman–Crippen MR) is 105 cm³/mol. The Kier molecular flexibility index (Phi) is 5.10.